The third-order valence-corrected chi connectivity index (χ3v) is 4.33. The van der Waals surface area contributed by atoms with Crippen LogP contribution in [0.25, 0.3) is 11.1 Å². The van der Waals surface area contributed by atoms with Crippen LogP contribution in [0.15, 0.2) is 82.3 Å². The zero-order chi connectivity index (χ0) is 20.1. The zero-order valence-corrected chi connectivity index (χ0v) is 15.4. The molecule has 29 heavy (non-hydrogen) atoms. The number of benzene rings is 2. The third kappa shape index (κ3) is 4.20. The van der Waals surface area contributed by atoms with Crippen LogP contribution < -0.4 is 15.8 Å². The fourth-order valence-electron chi connectivity index (χ4n) is 2.86. The molecule has 2 aliphatic rings. The van der Waals surface area contributed by atoms with Gasteiger partial charge < -0.3 is 14.1 Å². The van der Waals surface area contributed by atoms with Crippen molar-refractivity contribution in [3.63, 3.8) is 0 Å². The number of H-pyrrole nitrogens is 1. The summed E-state index contributed by atoms with van der Waals surface area (Å²) in [5, 5.41) is 0. The normalized spacial score (nSPS) is 10.8. The number of carbonyl (C=O) groups is 1. The Bertz CT molecular complexity index is 1120. The molecule has 146 valence electrons. The molecule has 0 saturated heterocycles. The molecule has 0 radical (unpaired) electrons. The van der Waals surface area contributed by atoms with E-state index in [4.69, 9.17) is 14.0 Å². The van der Waals surface area contributed by atoms with Crippen LogP contribution in [0.5, 0.6) is 5.75 Å². The summed E-state index contributed by atoms with van der Waals surface area (Å²) < 4.78 is 10.9. The Morgan fingerprint density at radius 3 is 2.28 bits per heavy atom. The molecule has 0 saturated carbocycles. The lowest BCUT2D eigenvalue weighted by molar-refractivity contribution is 0.0226. The summed E-state index contributed by atoms with van der Waals surface area (Å²) in [6.07, 6.45) is 2.70. The minimum Gasteiger partial charge on any atom is -0.486 e. The van der Waals surface area contributed by atoms with Gasteiger partial charge in [-0.2, -0.15) is 0 Å². The van der Waals surface area contributed by atoms with E-state index in [1.807, 2.05) is 60.7 Å². The van der Waals surface area contributed by atoms with E-state index in [2.05, 4.69) is 10.5 Å². The number of aromatic nitrogens is 1. The molecule has 4 rings (SSSR count). The van der Waals surface area contributed by atoms with E-state index in [-0.39, 0.29) is 24.7 Å². The van der Waals surface area contributed by atoms with Crippen LogP contribution in [0.4, 0.5) is 0 Å². The number of aromatic amines is 1. The molecule has 7 heteroatoms. The van der Waals surface area contributed by atoms with Crippen molar-refractivity contribution in [2.24, 2.45) is 0 Å². The van der Waals surface area contributed by atoms with Gasteiger partial charge in [-0.15, -0.1) is 0 Å². The highest BCUT2D eigenvalue weighted by atomic mass is 16.6. The highest BCUT2D eigenvalue weighted by molar-refractivity contribution is 5.97. The molecular formula is C22H18N2O5. The monoisotopic (exact) mass is 390 g/mol. The van der Waals surface area contributed by atoms with Gasteiger partial charge >= 0.3 is 5.63 Å². The smallest absolute Gasteiger partial charge is 0.345 e. The van der Waals surface area contributed by atoms with Gasteiger partial charge in [0.15, 0.2) is 5.75 Å². The van der Waals surface area contributed by atoms with Gasteiger partial charge in [0.25, 0.3) is 5.91 Å². The lowest BCUT2D eigenvalue weighted by atomic mass is 10.1. The van der Waals surface area contributed by atoms with E-state index in [0.717, 1.165) is 11.1 Å². The van der Waals surface area contributed by atoms with Gasteiger partial charge in [0.05, 0.1) is 17.7 Å². The molecule has 2 N–H and O–H groups in total. The molecule has 2 heterocycles. The van der Waals surface area contributed by atoms with Gasteiger partial charge in [0, 0.05) is 6.20 Å². The van der Waals surface area contributed by atoms with Crippen LogP contribution in [0.1, 0.15) is 21.6 Å². The van der Waals surface area contributed by atoms with Crippen molar-refractivity contribution in [3.05, 3.63) is 100 Å². The molecule has 0 atom stereocenters. The first-order valence-electron chi connectivity index (χ1n) is 8.98. The summed E-state index contributed by atoms with van der Waals surface area (Å²) in [6.45, 7) is 0.434. The minimum absolute atomic E-state index is 0.127. The highest BCUT2D eigenvalue weighted by Gasteiger charge is 2.24. The third-order valence-electron chi connectivity index (χ3n) is 4.33. The van der Waals surface area contributed by atoms with Crippen molar-refractivity contribution in [3.8, 4) is 16.9 Å². The van der Waals surface area contributed by atoms with Crippen LogP contribution in [0, 0.1) is 0 Å². The van der Waals surface area contributed by atoms with Crippen LogP contribution in [0.3, 0.4) is 0 Å². The summed E-state index contributed by atoms with van der Waals surface area (Å²) in [5.41, 5.74) is 4.57. The molecule has 0 fully saturated rings. The topological polar surface area (TPSA) is 93.6 Å². The first-order valence-corrected chi connectivity index (χ1v) is 8.98. The predicted octanol–water partition coefficient (Wildman–Crippen LogP) is 3.51. The van der Waals surface area contributed by atoms with Crippen LogP contribution in [-0.4, -0.2) is 10.9 Å². The number of fused-ring (bicyclic) bond motifs is 1. The Balaban J connectivity index is 1.54. The highest BCUT2D eigenvalue weighted by Crippen LogP contribution is 2.33. The fourth-order valence-corrected chi connectivity index (χ4v) is 2.86. The van der Waals surface area contributed by atoms with Crippen LogP contribution >= 0.6 is 0 Å². The minimum atomic E-state index is -0.528. The first-order chi connectivity index (χ1) is 14.2. The summed E-state index contributed by atoms with van der Waals surface area (Å²) in [4.78, 5) is 32.6. The van der Waals surface area contributed by atoms with E-state index in [1.54, 1.807) is 0 Å². The largest absolute Gasteiger partial charge is 0.486 e. The predicted molar refractivity (Wildman–Crippen MR) is 105 cm³/mol. The van der Waals surface area contributed by atoms with Crippen molar-refractivity contribution in [2.75, 3.05) is 0 Å². The molecular weight excluding hydrogens is 372 g/mol. The van der Waals surface area contributed by atoms with Crippen LogP contribution in [-0.2, 0) is 18.1 Å². The van der Waals surface area contributed by atoms with Crippen molar-refractivity contribution in [2.45, 2.75) is 13.2 Å². The Labute approximate surface area is 166 Å². The van der Waals surface area contributed by atoms with Crippen molar-refractivity contribution in [1.29, 1.82) is 0 Å². The van der Waals surface area contributed by atoms with E-state index < -0.39 is 11.5 Å². The summed E-state index contributed by atoms with van der Waals surface area (Å²) in [6, 6.07) is 18.9. The average molecular weight is 390 g/mol. The number of nitrogens with one attached hydrogen (secondary N) is 2. The number of hydrogen-bond acceptors (Lipinski definition) is 5. The van der Waals surface area contributed by atoms with E-state index in [9.17, 15) is 9.59 Å². The Hall–Kier alpha value is -3.84. The number of pyridine rings is 1. The molecule has 0 aliphatic carbocycles. The first kappa shape index (κ1) is 18.5. The fraction of sp³-hybridized carbons (Fsp3) is 0.0909. The van der Waals surface area contributed by atoms with Crippen molar-refractivity contribution >= 4 is 5.91 Å². The average Bonchev–Trinajstić information content (AvgIpc) is 3.14. The van der Waals surface area contributed by atoms with Crippen LogP contribution in [0.2, 0.25) is 0 Å². The second kappa shape index (κ2) is 8.45. The molecule has 2 aromatic carbocycles. The molecule has 0 unspecified atom stereocenters. The van der Waals surface area contributed by atoms with Gasteiger partial charge in [-0.25, -0.2) is 10.3 Å². The number of rotatable bonds is 7. The number of ether oxygens (including phenoxy) is 1. The summed E-state index contributed by atoms with van der Waals surface area (Å²) >= 11 is 0. The second-order valence-corrected chi connectivity index (χ2v) is 6.32. The van der Waals surface area contributed by atoms with Gasteiger partial charge in [-0.05, 0) is 11.1 Å². The molecule has 2 aliphatic heterocycles. The lowest BCUT2D eigenvalue weighted by Gasteiger charge is -2.14. The van der Waals surface area contributed by atoms with Gasteiger partial charge in [0.2, 0.25) is 0 Å². The number of hydroxylamine groups is 1. The van der Waals surface area contributed by atoms with Gasteiger partial charge in [-0.1, -0.05) is 60.7 Å². The molecule has 0 bridgehead atoms. The second-order valence-electron chi connectivity index (χ2n) is 6.32. The van der Waals surface area contributed by atoms with Gasteiger partial charge in [0.1, 0.15) is 18.6 Å². The summed E-state index contributed by atoms with van der Waals surface area (Å²) in [5.74, 6) is -0.308. The number of furan rings is 1. The maximum Gasteiger partial charge on any atom is 0.345 e. The molecule has 0 spiro atoms. The van der Waals surface area contributed by atoms with Gasteiger partial charge in [-0.3, -0.25) is 9.63 Å². The number of hydrogen-bond donors (Lipinski definition) is 2. The number of carbonyl (C=O) groups excluding carboxylic acids is 1. The lowest BCUT2D eigenvalue weighted by Crippen LogP contribution is -2.25. The molecule has 7 nitrogen and oxygen atoms in total. The maximum atomic E-state index is 12.7. The zero-order valence-electron chi connectivity index (χ0n) is 15.4. The Kier molecular flexibility index (Phi) is 5.40. The van der Waals surface area contributed by atoms with Crippen molar-refractivity contribution < 1.29 is 18.8 Å². The molecule has 1 amide bonds. The maximum absolute atomic E-state index is 12.7. The molecule has 2 aromatic rings. The standard InChI is InChI=1S/C22H18N2O5/c25-21(24-29-13-16-9-5-2-6-10-16)19-20(27-12-15-7-3-1-4-8-15)18-14-28-22(26)17(18)11-23-19/h1-11,14,23H,12-13H2,(H,24,25). The molecule has 0 aromatic heterocycles. The number of amides is 1. The summed E-state index contributed by atoms with van der Waals surface area (Å²) in [7, 11) is 0. The van der Waals surface area contributed by atoms with E-state index in [1.165, 1.54) is 12.5 Å². The van der Waals surface area contributed by atoms with E-state index in [0.29, 0.717) is 11.1 Å². The quantitative estimate of drug-likeness (QED) is 0.471. The van der Waals surface area contributed by atoms with Crippen molar-refractivity contribution in [1.82, 2.24) is 10.5 Å². The SMILES string of the molecule is O=C(NOCc1ccccc1)c1[nH]cc2c(=O)occ-2c1OCc1ccccc1. The van der Waals surface area contributed by atoms with E-state index >= 15 is 0 Å². The Morgan fingerprint density at radius 1 is 0.931 bits per heavy atom. The Morgan fingerprint density at radius 2 is 1.59 bits per heavy atom.